The van der Waals surface area contributed by atoms with E-state index in [2.05, 4.69) is 0 Å². The van der Waals surface area contributed by atoms with Crippen molar-refractivity contribution in [3.05, 3.63) is 0 Å². The molecule has 0 N–H and O–H groups in total. The van der Waals surface area contributed by atoms with E-state index < -0.39 is 0 Å². The molecule has 0 bridgehead atoms. The predicted octanol–water partition coefficient (Wildman–Crippen LogP) is 2.66. The molecule has 0 aliphatic carbocycles. The Morgan fingerprint density at radius 1 is 1.00 bits per heavy atom. The van der Waals surface area contributed by atoms with Gasteiger partial charge in [0.05, 0.1) is 6.10 Å². The highest BCUT2D eigenvalue weighted by Gasteiger charge is 2.25. The number of carbonyl (C=O) groups is 1. The molecule has 0 aromatic heterocycles. The van der Waals surface area contributed by atoms with Gasteiger partial charge in [-0.2, -0.15) is 0 Å². The summed E-state index contributed by atoms with van der Waals surface area (Å²) in [5, 5.41) is 0. The lowest BCUT2D eigenvalue weighted by molar-refractivity contribution is -0.139. The Hall–Kier alpha value is -0.370. The van der Waals surface area contributed by atoms with Crippen molar-refractivity contribution >= 4 is 5.78 Å². The van der Waals surface area contributed by atoms with Crippen LogP contribution in [0.4, 0.5) is 0 Å². The number of rotatable bonds is 5. The van der Waals surface area contributed by atoms with E-state index in [1.807, 2.05) is 41.5 Å². The molecule has 1 atom stereocenters. The highest BCUT2D eigenvalue weighted by Crippen LogP contribution is 2.14. The summed E-state index contributed by atoms with van der Waals surface area (Å²) in [4.78, 5) is 11.7. The molecule has 0 saturated carbocycles. The van der Waals surface area contributed by atoms with Gasteiger partial charge in [-0.15, -0.1) is 0 Å². The minimum atomic E-state index is -0.236. The first-order valence-electron chi connectivity index (χ1n) is 5.05. The summed E-state index contributed by atoms with van der Waals surface area (Å²) in [6.07, 6.45) is -0.116. The molecular weight excluding hydrogens is 164 g/mol. The van der Waals surface area contributed by atoms with Crippen LogP contribution in [-0.2, 0) is 9.53 Å². The predicted molar refractivity (Wildman–Crippen MR) is 54.7 cm³/mol. The van der Waals surface area contributed by atoms with E-state index in [1.165, 1.54) is 0 Å². The monoisotopic (exact) mass is 186 g/mol. The van der Waals surface area contributed by atoms with Crippen molar-refractivity contribution in [1.29, 1.82) is 0 Å². The van der Waals surface area contributed by atoms with Crippen molar-refractivity contribution in [2.24, 2.45) is 11.8 Å². The van der Waals surface area contributed by atoms with E-state index in [4.69, 9.17) is 4.74 Å². The number of carbonyl (C=O) groups excluding carboxylic acids is 1. The van der Waals surface area contributed by atoms with Crippen molar-refractivity contribution in [3.8, 4) is 0 Å². The van der Waals surface area contributed by atoms with E-state index in [1.54, 1.807) is 0 Å². The Morgan fingerprint density at radius 2 is 1.46 bits per heavy atom. The molecule has 78 valence electrons. The summed E-state index contributed by atoms with van der Waals surface area (Å²) in [6.45, 7) is 11.8. The number of hydrogen-bond acceptors (Lipinski definition) is 2. The second-order valence-corrected chi connectivity index (χ2v) is 4.41. The fourth-order valence-corrected chi connectivity index (χ4v) is 1.17. The number of ketones is 1. The van der Waals surface area contributed by atoms with E-state index in [0.717, 1.165) is 0 Å². The lowest BCUT2D eigenvalue weighted by atomic mass is 9.95. The lowest BCUT2D eigenvalue weighted by Crippen LogP contribution is -2.34. The minimum absolute atomic E-state index is 0.0612. The SMILES string of the molecule is CC(C)O[C@H](C(=O)C(C)C)C(C)C. The third-order valence-electron chi connectivity index (χ3n) is 1.87. The zero-order chi connectivity index (χ0) is 10.6. The quantitative estimate of drug-likeness (QED) is 0.660. The van der Waals surface area contributed by atoms with Gasteiger partial charge in [-0.1, -0.05) is 27.7 Å². The number of ether oxygens (including phenoxy) is 1. The van der Waals surface area contributed by atoms with E-state index in [0.29, 0.717) is 0 Å². The van der Waals surface area contributed by atoms with Crippen molar-refractivity contribution < 1.29 is 9.53 Å². The third kappa shape index (κ3) is 4.41. The summed E-state index contributed by atoms with van der Waals surface area (Å²) in [7, 11) is 0. The Morgan fingerprint density at radius 3 is 1.69 bits per heavy atom. The van der Waals surface area contributed by atoms with Gasteiger partial charge >= 0.3 is 0 Å². The number of Topliss-reactive ketones (excluding diaryl/α,β-unsaturated/α-hetero) is 1. The van der Waals surface area contributed by atoms with E-state index in [-0.39, 0.29) is 29.8 Å². The average molecular weight is 186 g/mol. The lowest BCUT2D eigenvalue weighted by Gasteiger charge is -2.24. The maximum atomic E-state index is 11.7. The molecule has 13 heavy (non-hydrogen) atoms. The van der Waals surface area contributed by atoms with Gasteiger partial charge < -0.3 is 4.74 Å². The van der Waals surface area contributed by atoms with Gasteiger partial charge in [0.25, 0.3) is 0 Å². The summed E-state index contributed by atoms with van der Waals surface area (Å²) in [5.41, 5.74) is 0. The fourth-order valence-electron chi connectivity index (χ4n) is 1.17. The molecular formula is C11H22O2. The first kappa shape index (κ1) is 12.6. The Balaban J connectivity index is 4.33. The van der Waals surface area contributed by atoms with Gasteiger partial charge in [0.1, 0.15) is 6.10 Å². The minimum Gasteiger partial charge on any atom is -0.368 e. The summed E-state index contributed by atoms with van der Waals surface area (Å²) >= 11 is 0. The topological polar surface area (TPSA) is 26.3 Å². The van der Waals surface area contributed by atoms with Crippen LogP contribution in [0.1, 0.15) is 41.5 Å². The van der Waals surface area contributed by atoms with Crippen LogP contribution in [0.2, 0.25) is 0 Å². The molecule has 2 heteroatoms. The Labute approximate surface area is 81.7 Å². The van der Waals surface area contributed by atoms with Gasteiger partial charge in [0.15, 0.2) is 5.78 Å². The molecule has 0 radical (unpaired) electrons. The van der Waals surface area contributed by atoms with Crippen molar-refractivity contribution in [3.63, 3.8) is 0 Å². The van der Waals surface area contributed by atoms with Crippen LogP contribution in [-0.4, -0.2) is 18.0 Å². The first-order chi connectivity index (χ1) is 5.86. The van der Waals surface area contributed by atoms with Crippen molar-refractivity contribution in [1.82, 2.24) is 0 Å². The zero-order valence-corrected chi connectivity index (χ0v) is 9.63. The fraction of sp³-hybridized carbons (Fsp3) is 0.909. The standard InChI is InChI=1S/C11H22O2/c1-7(2)10(12)11(8(3)4)13-9(5)6/h7-9,11H,1-6H3/t11-/m0/s1. The molecule has 0 aliphatic heterocycles. The third-order valence-corrected chi connectivity index (χ3v) is 1.87. The van der Waals surface area contributed by atoms with Crippen molar-refractivity contribution in [2.45, 2.75) is 53.8 Å². The second kappa shape index (κ2) is 5.38. The van der Waals surface area contributed by atoms with E-state index >= 15 is 0 Å². The molecule has 0 unspecified atom stereocenters. The molecule has 0 spiro atoms. The molecule has 0 saturated heterocycles. The van der Waals surface area contributed by atoms with E-state index in [9.17, 15) is 4.79 Å². The first-order valence-corrected chi connectivity index (χ1v) is 5.05. The highest BCUT2D eigenvalue weighted by molar-refractivity contribution is 5.85. The van der Waals surface area contributed by atoms with Crippen LogP contribution >= 0.6 is 0 Å². The molecule has 0 aliphatic rings. The largest absolute Gasteiger partial charge is 0.368 e. The molecule has 0 rings (SSSR count). The van der Waals surface area contributed by atoms with Crippen molar-refractivity contribution in [2.75, 3.05) is 0 Å². The summed E-state index contributed by atoms with van der Waals surface area (Å²) < 4.78 is 5.59. The molecule has 0 amide bonds. The maximum absolute atomic E-state index is 11.7. The molecule has 0 aromatic carbocycles. The number of hydrogen-bond donors (Lipinski definition) is 0. The van der Waals surface area contributed by atoms with Crippen LogP contribution in [0.15, 0.2) is 0 Å². The molecule has 0 fully saturated rings. The van der Waals surface area contributed by atoms with Gasteiger partial charge in [-0.05, 0) is 19.8 Å². The van der Waals surface area contributed by atoms with Crippen LogP contribution in [0.5, 0.6) is 0 Å². The highest BCUT2D eigenvalue weighted by atomic mass is 16.5. The average Bonchev–Trinajstić information content (AvgIpc) is 1.97. The second-order valence-electron chi connectivity index (χ2n) is 4.41. The normalized spacial score (nSPS) is 14.2. The van der Waals surface area contributed by atoms with Crippen LogP contribution < -0.4 is 0 Å². The summed E-state index contributed by atoms with van der Waals surface area (Å²) in [5.74, 6) is 0.534. The van der Waals surface area contributed by atoms with Crippen LogP contribution in [0.3, 0.4) is 0 Å². The van der Waals surface area contributed by atoms with Gasteiger partial charge in [0.2, 0.25) is 0 Å². The Bertz CT molecular complexity index is 159. The maximum Gasteiger partial charge on any atom is 0.164 e. The zero-order valence-electron chi connectivity index (χ0n) is 9.63. The molecule has 0 heterocycles. The van der Waals surface area contributed by atoms with Gasteiger partial charge in [-0.3, -0.25) is 4.79 Å². The summed E-state index contributed by atoms with van der Waals surface area (Å²) in [6, 6.07) is 0. The Kier molecular flexibility index (Phi) is 5.23. The molecule has 0 aromatic rings. The molecule has 2 nitrogen and oxygen atoms in total. The van der Waals surface area contributed by atoms with Crippen LogP contribution in [0, 0.1) is 11.8 Å². The smallest absolute Gasteiger partial charge is 0.164 e. The van der Waals surface area contributed by atoms with Gasteiger partial charge in [0, 0.05) is 5.92 Å². The van der Waals surface area contributed by atoms with Crippen LogP contribution in [0.25, 0.3) is 0 Å². The van der Waals surface area contributed by atoms with Gasteiger partial charge in [-0.25, -0.2) is 0 Å².